The Hall–Kier alpha value is -2.12. The maximum atomic E-state index is 10.5. The van der Waals surface area contributed by atoms with Gasteiger partial charge < -0.3 is 5.73 Å². The molecule has 0 atom stereocenters. The number of hydrogen-bond donors (Lipinski definition) is 1. The molecule has 5 heteroatoms. The van der Waals surface area contributed by atoms with Crippen molar-refractivity contribution in [1.82, 2.24) is 9.97 Å². The average molecular weight is 246 g/mol. The monoisotopic (exact) mass is 245 g/mol. The van der Waals surface area contributed by atoms with Crippen LogP contribution < -0.4 is 5.73 Å². The van der Waals surface area contributed by atoms with Gasteiger partial charge in [-0.3, -0.25) is 4.79 Å². The van der Waals surface area contributed by atoms with Crippen molar-refractivity contribution >= 4 is 28.4 Å². The fourth-order valence-corrected chi connectivity index (χ4v) is 1.53. The number of carbonyl (C=O) groups is 1. The Bertz CT molecular complexity index is 643. The number of halogens is 1. The molecule has 2 rings (SSSR count). The van der Waals surface area contributed by atoms with Crippen molar-refractivity contribution in [1.29, 1.82) is 0 Å². The maximum absolute atomic E-state index is 10.5. The lowest BCUT2D eigenvalue weighted by molar-refractivity contribution is -0.117. The van der Waals surface area contributed by atoms with Crippen molar-refractivity contribution < 1.29 is 4.79 Å². The fourth-order valence-electron chi connectivity index (χ4n) is 1.34. The summed E-state index contributed by atoms with van der Waals surface area (Å²) >= 11 is 5.94. The number of hydrogen-bond acceptors (Lipinski definition) is 3. The van der Waals surface area contributed by atoms with E-state index >= 15 is 0 Å². The first-order valence-corrected chi connectivity index (χ1v) is 5.22. The number of nitrogens with zero attached hydrogens (tertiary/aromatic N) is 2. The second-order valence-corrected chi connectivity index (χ2v) is 3.70. The molecule has 0 aliphatic heterocycles. The molecule has 0 radical (unpaired) electrons. The topological polar surface area (TPSA) is 68.9 Å². The van der Waals surface area contributed by atoms with Crippen LogP contribution in [0.3, 0.4) is 0 Å². The maximum Gasteiger partial charge on any atom is 0.229 e. The van der Waals surface area contributed by atoms with Gasteiger partial charge >= 0.3 is 0 Å². The molecule has 4 nitrogen and oxygen atoms in total. The highest BCUT2D eigenvalue weighted by Gasteiger charge is 2.01. The summed E-state index contributed by atoms with van der Waals surface area (Å²) in [6, 6.07) is 5.39. The lowest BCUT2D eigenvalue weighted by Crippen LogP contribution is -2.08. The third-order valence-corrected chi connectivity index (χ3v) is 2.38. The van der Waals surface area contributed by atoms with Gasteiger partial charge in [-0.15, -0.1) is 0 Å². The van der Waals surface area contributed by atoms with Crippen LogP contribution in [-0.2, 0) is 4.79 Å². The Balaban J connectivity index is 2.40. The van der Waals surface area contributed by atoms with Gasteiger partial charge in [-0.05, 0) is 18.2 Å². The molecule has 2 N–H and O–H groups in total. The molecule has 0 unspecified atom stereocenters. The van der Waals surface area contributed by atoms with Gasteiger partial charge in [0, 0.05) is 10.9 Å². The van der Waals surface area contributed by atoms with Crippen LogP contribution in [0, 0.1) is 11.8 Å². The third kappa shape index (κ3) is 2.71. The molecule has 17 heavy (non-hydrogen) atoms. The number of benzene rings is 1. The highest BCUT2D eigenvalue weighted by atomic mass is 35.5. The minimum Gasteiger partial charge on any atom is -0.369 e. The molecule has 84 valence electrons. The summed E-state index contributed by atoms with van der Waals surface area (Å²) in [5.41, 5.74) is 6.49. The van der Waals surface area contributed by atoms with E-state index in [0.717, 1.165) is 16.5 Å². The quantitative estimate of drug-likeness (QED) is 0.612. The molecule has 1 aromatic carbocycles. The predicted octanol–water partition coefficient (Wildman–Crippen LogP) is 1.51. The molecule has 0 saturated carbocycles. The molecule has 1 heterocycles. The molecule has 0 spiro atoms. The summed E-state index contributed by atoms with van der Waals surface area (Å²) in [4.78, 5) is 18.5. The van der Waals surface area contributed by atoms with Gasteiger partial charge in [-0.2, -0.15) is 0 Å². The Kier molecular flexibility index (Phi) is 3.22. The minimum absolute atomic E-state index is 0.0387. The SMILES string of the molecule is NC(=O)CC#Cc1ccc2ncnc(Cl)c2c1. The number of aromatic nitrogens is 2. The first-order valence-electron chi connectivity index (χ1n) is 4.84. The first kappa shape index (κ1) is 11.4. The number of amides is 1. The van der Waals surface area contributed by atoms with Crippen LogP contribution in [0.25, 0.3) is 10.9 Å². The molecule has 1 amide bonds. The van der Waals surface area contributed by atoms with Gasteiger partial charge in [0.15, 0.2) is 0 Å². The van der Waals surface area contributed by atoms with E-state index in [-0.39, 0.29) is 6.42 Å². The van der Waals surface area contributed by atoms with Gasteiger partial charge in [-0.25, -0.2) is 9.97 Å². The van der Waals surface area contributed by atoms with Crippen LogP contribution in [0.2, 0.25) is 5.15 Å². The molecular weight excluding hydrogens is 238 g/mol. The first-order chi connectivity index (χ1) is 8.16. The van der Waals surface area contributed by atoms with E-state index < -0.39 is 5.91 Å². The Morgan fingerprint density at radius 3 is 3.00 bits per heavy atom. The van der Waals surface area contributed by atoms with Crippen molar-refractivity contribution in [3.8, 4) is 11.8 Å². The highest BCUT2D eigenvalue weighted by Crippen LogP contribution is 2.19. The standard InChI is InChI=1S/C12H8ClN3O/c13-12-9-6-8(2-1-3-11(14)17)4-5-10(9)15-7-16-12/h4-7H,3H2,(H2,14,17). The number of rotatable bonds is 1. The van der Waals surface area contributed by atoms with Gasteiger partial charge in [0.1, 0.15) is 11.5 Å². The Labute approximate surface area is 103 Å². The lowest BCUT2D eigenvalue weighted by atomic mass is 10.1. The zero-order valence-corrected chi connectivity index (χ0v) is 9.53. The molecule has 1 aromatic heterocycles. The largest absolute Gasteiger partial charge is 0.369 e. The number of carbonyl (C=O) groups excluding carboxylic acids is 1. The summed E-state index contributed by atoms with van der Waals surface area (Å²) in [5.74, 6) is 5.06. The molecule has 0 bridgehead atoms. The zero-order valence-electron chi connectivity index (χ0n) is 8.77. The van der Waals surface area contributed by atoms with Crippen LogP contribution in [0.15, 0.2) is 24.5 Å². The van der Waals surface area contributed by atoms with Gasteiger partial charge in [0.05, 0.1) is 11.9 Å². The smallest absolute Gasteiger partial charge is 0.229 e. The summed E-state index contributed by atoms with van der Waals surface area (Å²) < 4.78 is 0. The van der Waals surface area contributed by atoms with Crippen molar-refractivity contribution in [3.05, 3.63) is 35.2 Å². The minimum atomic E-state index is -0.445. The molecule has 2 aromatic rings. The normalized spacial score (nSPS) is 9.71. The van der Waals surface area contributed by atoms with Crippen LogP contribution in [0.5, 0.6) is 0 Å². The molecular formula is C12H8ClN3O. The molecule has 0 fully saturated rings. The van der Waals surface area contributed by atoms with Crippen LogP contribution in [0.4, 0.5) is 0 Å². The second-order valence-electron chi connectivity index (χ2n) is 3.34. The molecule has 0 aliphatic rings. The second kappa shape index (κ2) is 4.81. The van der Waals surface area contributed by atoms with E-state index in [1.54, 1.807) is 18.2 Å². The van der Waals surface area contributed by atoms with Crippen molar-refractivity contribution in [3.63, 3.8) is 0 Å². The summed E-state index contributed by atoms with van der Waals surface area (Å²) in [6.45, 7) is 0. The molecule has 0 aliphatic carbocycles. The zero-order chi connectivity index (χ0) is 12.3. The van der Waals surface area contributed by atoms with E-state index in [1.165, 1.54) is 6.33 Å². The number of primary amides is 1. The van der Waals surface area contributed by atoms with E-state index in [2.05, 4.69) is 21.8 Å². The summed E-state index contributed by atoms with van der Waals surface area (Å²) in [7, 11) is 0. The summed E-state index contributed by atoms with van der Waals surface area (Å²) in [5, 5.41) is 1.12. The fraction of sp³-hybridized carbons (Fsp3) is 0.0833. The van der Waals surface area contributed by atoms with E-state index in [9.17, 15) is 4.79 Å². The number of nitrogens with two attached hydrogens (primary N) is 1. The van der Waals surface area contributed by atoms with Crippen LogP contribution in [0.1, 0.15) is 12.0 Å². The van der Waals surface area contributed by atoms with Crippen LogP contribution >= 0.6 is 11.6 Å². The van der Waals surface area contributed by atoms with Gasteiger partial charge in [-0.1, -0.05) is 23.4 Å². The van der Waals surface area contributed by atoms with Crippen molar-refractivity contribution in [2.75, 3.05) is 0 Å². The average Bonchev–Trinajstić information content (AvgIpc) is 2.30. The van der Waals surface area contributed by atoms with Crippen LogP contribution in [-0.4, -0.2) is 15.9 Å². The lowest BCUT2D eigenvalue weighted by Gasteiger charge is -1.98. The highest BCUT2D eigenvalue weighted by molar-refractivity contribution is 6.34. The Morgan fingerprint density at radius 2 is 2.24 bits per heavy atom. The van der Waals surface area contributed by atoms with Crippen molar-refractivity contribution in [2.24, 2.45) is 5.73 Å². The number of fused-ring (bicyclic) bond motifs is 1. The van der Waals surface area contributed by atoms with Crippen molar-refractivity contribution in [2.45, 2.75) is 6.42 Å². The third-order valence-electron chi connectivity index (χ3n) is 2.08. The Morgan fingerprint density at radius 1 is 1.41 bits per heavy atom. The van der Waals surface area contributed by atoms with E-state index in [1.807, 2.05) is 0 Å². The summed E-state index contributed by atoms with van der Waals surface area (Å²) in [6.07, 6.45) is 1.44. The van der Waals surface area contributed by atoms with E-state index in [4.69, 9.17) is 17.3 Å². The van der Waals surface area contributed by atoms with Gasteiger partial charge in [0.25, 0.3) is 0 Å². The molecule has 0 saturated heterocycles. The predicted molar refractivity (Wildman–Crippen MR) is 65.2 cm³/mol. The van der Waals surface area contributed by atoms with E-state index in [0.29, 0.717) is 5.15 Å². The van der Waals surface area contributed by atoms with Gasteiger partial charge in [0.2, 0.25) is 5.91 Å².